The first-order valence-electron chi connectivity index (χ1n) is 9.59. The summed E-state index contributed by atoms with van der Waals surface area (Å²) in [4.78, 5) is 9.61. The van der Waals surface area contributed by atoms with E-state index in [1.54, 1.807) is 0 Å². The Morgan fingerprint density at radius 3 is 2.66 bits per heavy atom. The van der Waals surface area contributed by atoms with Crippen molar-refractivity contribution in [1.82, 2.24) is 14.5 Å². The number of halogens is 1. The van der Waals surface area contributed by atoms with Gasteiger partial charge in [-0.25, -0.2) is 9.97 Å². The Hall–Kier alpha value is -3.37. The van der Waals surface area contributed by atoms with Crippen LogP contribution in [0.2, 0.25) is 5.15 Å². The summed E-state index contributed by atoms with van der Waals surface area (Å²) in [7, 11) is 0. The Morgan fingerprint density at radius 1 is 0.897 bits per heavy atom. The van der Waals surface area contributed by atoms with Gasteiger partial charge in [0.15, 0.2) is 0 Å². The van der Waals surface area contributed by atoms with Crippen molar-refractivity contribution in [2.45, 2.75) is 13.1 Å². The Morgan fingerprint density at radius 2 is 1.72 bits per heavy atom. The van der Waals surface area contributed by atoms with Crippen LogP contribution >= 0.6 is 11.6 Å². The quantitative estimate of drug-likeness (QED) is 0.344. The van der Waals surface area contributed by atoms with Crippen molar-refractivity contribution < 1.29 is 0 Å². The number of nitrogens with one attached hydrogen (secondary N) is 1. The molecule has 1 aliphatic heterocycles. The van der Waals surface area contributed by atoms with Gasteiger partial charge in [-0.05, 0) is 49.4 Å². The number of rotatable bonds is 1. The zero-order valence-electron chi connectivity index (χ0n) is 15.7. The van der Waals surface area contributed by atoms with E-state index in [-0.39, 0.29) is 6.17 Å². The normalized spacial score (nSPS) is 15.2. The van der Waals surface area contributed by atoms with Gasteiger partial charge < -0.3 is 5.32 Å². The third kappa shape index (κ3) is 2.46. The first-order chi connectivity index (χ1) is 14.2. The van der Waals surface area contributed by atoms with Crippen molar-refractivity contribution in [3.8, 4) is 11.4 Å². The van der Waals surface area contributed by atoms with Gasteiger partial charge in [0.2, 0.25) is 0 Å². The molecule has 29 heavy (non-hydrogen) atoms. The van der Waals surface area contributed by atoms with Crippen LogP contribution in [0.15, 0.2) is 72.8 Å². The zero-order valence-corrected chi connectivity index (χ0v) is 16.5. The first kappa shape index (κ1) is 16.6. The summed E-state index contributed by atoms with van der Waals surface area (Å²) < 4.78 is 2.22. The lowest BCUT2D eigenvalue weighted by Gasteiger charge is -2.30. The average molecular weight is 397 g/mol. The summed E-state index contributed by atoms with van der Waals surface area (Å²) in [5.74, 6) is 0.936. The Bertz CT molecular complexity index is 1420. The van der Waals surface area contributed by atoms with Gasteiger partial charge in [-0.3, -0.25) is 4.57 Å². The minimum Gasteiger partial charge on any atom is -0.360 e. The maximum Gasteiger partial charge on any atom is 0.145 e. The Kier molecular flexibility index (Phi) is 3.46. The molecule has 0 radical (unpaired) electrons. The molecule has 5 heteroatoms. The molecule has 6 rings (SSSR count). The molecule has 3 aromatic carbocycles. The number of para-hydroxylation sites is 3. The van der Waals surface area contributed by atoms with Crippen molar-refractivity contribution in [2.24, 2.45) is 0 Å². The van der Waals surface area contributed by atoms with E-state index in [0.717, 1.165) is 44.6 Å². The molecule has 0 aliphatic carbocycles. The lowest BCUT2D eigenvalue weighted by atomic mass is 10.0. The second-order valence-electron chi connectivity index (χ2n) is 7.45. The van der Waals surface area contributed by atoms with Gasteiger partial charge in [-0.2, -0.15) is 0 Å². The van der Waals surface area contributed by atoms with Crippen molar-refractivity contribution in [2.75, 3.05) is 5.32 Å². The molecule has 140 valence electrons. The number of benzene rings is 3. The number of imidazole rings is 1. The van der Waals surface area contributed by atoms with E-state index in [4.69, 9.17) is 16.6 Å². The molecule has 0 bridgehead atoms. The maximum absolute atomic E-state index is 6.70. The van der Waals surface area contributed by atoms with Gasteiger partial charge in [-0.15, -0.1) is 0 Å². The molecule has 2 aromatic heterocycles. The predicted octanol–water partition coefficient (Wildman–Crippen LogP) is 6.19. The zero-order chi connectivity index (χ0) is 19.5. The van der Waals surface area contributed by atoms with Crippen LogP contribution < -0.4 is 5.32 Å². The molecular formula is C24H17ClN4. The molecule has 5 aromatic rings. The highest BCUT2D eigenvalue weighted by Crippen LogP contribution is 2.42. The van der Waals surface area contributed by atoms with E-state index in [1.165, 1.54) is 5.56 Å². The van der Waals surface area contributed by atoms with Gasteiger partial charge in [0.25, 0.3) is 0 Å². The third-order valence-corrected chi connectivity index (χ3v) is 5.86. The van der Waals surface area contributed by atoms with Crippen LogP contribution in [-0.2, 0) is 0 Å². The molecule has 0 unspecified atom stereocenters. The second-order valence-corrected chi connectivity index (χ2v) is 7.81. The van der Waals surface area contributed by atoms with Crippen LogP contribution in [-0.4, -0.2) is 14.5 Å². The molecule has 0 amide bonds. The number of hydrogen-bond donors (Lipinski definition) is 1. The first-order valence-corrected chi connectivity index (χ1v) is 9.96. The molecule has 1 atom stereocenters. The molecule has 0 spiro atoms. The van der Waals surface area contributed by atoms with E-state index in [0.29, 0.717) is 5.15 Å². The standard InChI is InChI=1S/C24H17ClN4/c1-14-10-11-18-15(12-14)13-17(22(25)26-18)24-27-19-7-3-2-6-16(19)23-28-20-8-4-5-9-21(20)29(23)24/h2-13,24,27H,1H3/t24-/m0/s1. The van der Waals surface area contributed by atoms with E-state index in [2.05, 4.69) is 58.2 Å². The largest absolute Gasteiger partial charge is 0.360 e. The van der Waals surface area contributed by atoms with Crippen molar-refractivity contribution in [1.29, 1.82) is 0 Å². The molecular weight excluding hydrogens is 380 g/mol. The number of anilines is 1. The predicted molar refractivity (Wildman–Crippen MR) is 118 cm³/mol. The highest BCUT2D eigenvalue weighted by atomic mass is 35.5. The molecule has 0 fully saturated rings. The van der Waals surface area contributed by atoms with Crippen LogP contribution in [0.25, 0.3) is 33.3 Å². The Balaban J connectivity index is 1.66. The van der Waals surface area contributed by atoms with Gasteiger partial charge in [0.1, 0.15) is 17.1 Å². The van der Waals surface area contributed by atoms with Gasteiger partial charge in [-0.1, -0.05) is 47.5 Å². The number of aromatic nitrogens is 3. The van der Waals surface area contributed by atoms with Crippen LogP contribution in [0.4, 0.5) is 5.69 Å². The van der Waals surface area contributed by atoms with Crippen LogP contribution in [0.3, 0.4) is 0 Å². The minimum absolute atomic E-state index is 0.197. The summed E-state index contributed by atoms with van der Waals surface area (Å²) in [6.07, 6.45) is -0.197. The summed E-state index contributed by atoms with van der Waals surface area (Å²) in [6.45, 7) is 2.09. The van der Waals surface area contributed by atoms with E-state index in [1.807, 2.05) is 36.4 Å². The molecule has 0 saturated heterocycles. The number of fused-ring (bicyclic) bond motifs is 6. The highest BCUT2D eigenvalue weighted by Gasteiger charge is 2.29. The summed E-state index contributed by atoms with van der Waals surface area (Å²) >= 11 is 6.70. The van der Waals surface area contributed by atoms with Gasteiger partial charge in [0.05, 0.1) is 16.6 Å². The fourth-order valence-corrected chi connectivity index (χ4v) is 4.46. The smallest absolute Gasteiger partial charge is 0.145 e. The topological polar surface area (TPSA) is 42.7 Å². The number of pyridine rings is 1. The van der Waals surface area contributed by atoms with Crippen molar-refractivity contribution in [3.05, 3.63) is 89.1 Å². The maximum atomic E-state index is 6.70. The lowest BCUT2D eigenvalue weighted by molar-refractivity contribution is 0.668. The van der Waals surface area contributed by atoms with Gasteiger partial charge >= 0.3 is 0 Å². The number of hydrogen-bond acceptors (Lipinski definition) is 3. The van der Waals surface area contributed by atoms with Crippen molar-refractivity contribution >= 4 is 39.2 Å². The van der Waals surface area contributed by atoms with Gasteiger partial charge in [0, 0.05) is 22.2 Å². The van der Waals surface area contributed by atoms with E-state index < -0.39 is 0 Å². The third-order valence-electron chi connectivity index (χ3n) is 5.56. The van der Waals surface area contributed by atoms with Crippen molar-refractivity contribution in [3.63, 3.8) is 0 Å². The number of nitrogens with zero attached hydrogens (tertiary/aromatic N) is 3. The fourth-order valence-electron chi connectivity index (χ4n) is 4.21. The Labute approximate surface area is 172 Å². The molecule has 4 nitrogen and oxygen atoms in total. The SMILES string of the molecule is Cc1ccc2nc(Cl)c([C@H]3Nc4ccccc4-c4nc5ccccc5n43)cc2c1. The molecule has 1 N–H and O–H groups in total. The molecule has 1 aliphatic rings. The second kappa shape index (κ2) is 6.06. The molecule has 0 saturated carbocycles. The lowest BCUT2D eigenvalue weighted by Crippen LogP contribution is -2.25. The fraction of sp³-hybridized carbons (Fsp3) is 0.0833. The summed E-state index contributed by atoms with van der Waals surface area (Å²) in [6, 6.07) is 24.8. The summed E-state index contributed by atoms with van der Waals surface area (Å²) in [5, 5.41) is 5.25. The molecule has 3 heterocycles. The number of aryl methyl sites for hydroxylation is 1. The monoisotopic (exact) mass is 396 g/mol. The highest BCUT2D eigenvalue weighted by molar-refractivity contribution is 6.30. The summed E-state index contributed by atoms with van der Waals surface area (Å²) in [5.41, 5.74) is 7.19. The van der Waals surface area contributed by atoms with E-state index in [9.17, 15) is 0 Å². The van der Waals surface area contributed by atoms with Crippen LogP contribution in [0, 0.1) is 6.92 Å². The minimum atomic E-state index is -0.197. The average Bonchev–Trinajstić information content (AvgIpc) is 3.13. The van der Waals surface area contributed by atoms with E-state index >= 15 is 0 Å². The van der Waals surface area contributed by atoms with Crippen LogP contribution in [0.1, 0.15) is 17.3 Å². The van der Waals surface area contributed by atoms with Crippen LogP contribution in [0.5, 0.6) is 0 Å².